The van der Waals surface area contributed by atoms with Crippen LogP contribution in [0.1, 0.15) is 26.3 Å². The van der Waals surface area contributed by atoms with Crippen molar-refractivity contribution in [2.45, 2.75) is 26.3 Å². The zero-order valence-electron chi connectivity index (χ0n) is 10.00. The number of fused-ring (bicyclic) bond motifs is 1. The second kappa shape index (κ2) is 4.57. The number of hydrogen-bond acceptors (Lipinski definition) is 2. The Balaban J connectivity index is 2.38. The van der Waals surface area contributed by atoms with E-state index in [1.807, 2.05) is 38.1 Å². The number of carboxylic acids is 1. The molecule has 17 heavy (non-hydrogen) atoms. The van der Waals surface area contributed by atoms with Gasteiger partial charge in [0.1, 0.15) is 6.04 Å². The van der Waals surface area contributed by atoms with E-state index in [4.69, 9.17) is 0 Å². The Morgan fingerprint density at radius 3 is 2.71 bits per heavy atom. The molecule has 0 saturated heterocycles. The van der Waals surface area contributed by atoms with E-state index < -0.39 is 12.0 Å². The molecular weight excluding hydrogens is 216 g/mol. The molecule has 4 heteroatoms. The first-order chi connectivity index (χ1) is 8.08. The Hall–Kier alpha value is -1.84. The quantitative estimate of drug-likeness (QED) is 0.881. The fourth-order valence-corrected chi connectivity index (χ4v) is 1.91. The number of hydrogen-bond donors (Lipinski definition) is 1. The molecule has 1 unspecified atom stereocenters. The second-order valence-corrected chi connectivity index (χ2v) is 4.65. The smallest absolute Gasteiger partial charge is 0.328 e. The largest absolute Gasteiger partial charge is 0.480 e. The Morgan fingerprint density at radius 1 is 1.41 bits per heavy atom. The number of carboxylic acid groups (broad SMARTS) is 1. The monoisotopic (exact) mass is 232 g/mol. The van der Waals surface area contributed by atoms with Crippen molar-refractivity contribution in [3.63, 3.8) is 0 Å². The summed E-state index contributed by atoms with van der Waals surface area (Å²) in [7, 11) is 0. The third kappa shape index (κ3) is 2.46. The summed E-state index contributed by atoms with van der Waals surface area (Å²) in [5.41, 5.74) is 0.836. The summed E-state index contributed by atoms with van der Waals surface area (Å²) in [6, 6.07) is 7.07. The lowest BCUT2D eigenvalue weighted by atomic mass is 10.0. The van der Waals surface area contributed by atoms with Gasteiger partial charge in [0.2, 0.25) is 0 Å². The van der Waals surface area contributed by atoms with Gasteiger partial charge in [-0.25, -0.2) is 4.79 Å². The van der Waals surface area contributed by atoms with E-state index in [0.717, 1.165) is 10.9 Å². The minimum absolute atomic E-state index is 0.323. The van der Waals surface area contributed by atoms with E-state index in [-0.39, 0.29) is 0 Å². The Labute approximate surface area is 99.9 Å². The highest BCUT2D eigenvalue weighted by atomic mass is 16.4. The third-order valence-electron chi connectivity index (χ3n) is 2.73. The fraction of sp³-hybridized carbons (Fsp3) is 0.385. The van der Waals surface area contributed by atoms with Gasteiger partial charge in [0.15, 0.2) is 0 Å². The summed E-state index contributed by atoms with van der Waals surface area (Å²) < 4.78 is 1.56. The van der Waals surface area contributed by atoms with Crippen molar-refractivity contribution in [2.75, 3.05) is 0 Å². The van der Waals surface area contributed by atoms with Crippen LogP contribution in [0.4, 0.5) is 0 Å². The Kier molecular flexibility index (Phi) is 3.13. The van der Waals surface area contributed by atoms with Gasteiger partial charge < -0.3 is 5.11 Å². The maximum Gasteiger partial charge on any atom is 0.328 e. The molecule has 0 saturated carbocycles. The first-order valence-corrected chi connectivity index (χ1v) is 5.74. The summed E-state index contributed by atoms with van der Waals surface area (Å²) in [6.45, 7) is 4.03. The maximum atomic E-state index is 11.3. The van der Waals surface area contributed by atoms with Crippen LogP contribution in [0.15, 0.2) is 30.5 Å². The summed E-state index contributed by atoms with van der Waals surface area (Å²) in [5, 5.41) is 14.5. The molecule has 2 aromatic rings. The van der Waals surface area contributed by atoms with Gasteiger partial charge in [0.05, 0.1) is 5.52 Å². The van der Waals surface area contributed by atoms with Crippen molar-refractivity contribution in [1.82, 2.24) is 9.78 Å². The topological polar surface area (TPSA) is 55.1 Å². The van der Waals surface area contributed by atoms with Gasteiger partial charge in [0.25, 0.3) is 0 Å². The molecular formula is C13H16N2O2. The first-order valence-electron chi connectivity index (χ1n) is 5.74. The molecule has 0 spiro atoms. The molecule has 1 N–H and O–H groups in total. The van der Waals surface area contributed by atoms with Crippen LogP contribution >= 0.6 is 0 Å². The molecule has 0 aliphatic heterocycles. The molecule has 2 rings (SSSR count). The van der Waals surface area contributed by atoms with E-state index in [9.17, 15) is 9.90 Å². The van der Waals surface area contributed by atoms with Crippen LogP contribution in [0.2, 0.25) is 0 Å². The van der Waals surface area contributed by atoms with E-state index in [2.05, 4.69) is 5.10 Å². The number of rotatable bonds is 4. The van der Waals surface area contributed by atoms with Crippen LogP contribution in [0.5, 0.6) is 0 Å². The minimum Gasteiger partial charge on any atom is -0.480 e. The van der Waals surface area contributed by atoms with Gasteiger partial charge in [-0.05, 0) is 18.4 Å². The zero-order valence-corrected chi connectivity index (χ0v) is 10.00. The average molecular weight is 232 g/mol. The van der Waals surface area contributed by atoms with Crippen LogP contribution in [0.3, 0.4) is 0 Å². The van der Waals surface area contributed by atoms with Gasteiger partial charge in [-0.2, -0.15) is 5.10 Å². The van der Waals surface area contributed by atoms with E-state index >= 15 is 0 Å². The minimum atomic E-state index is -0.827. The number of nitrogens with zero attached hydrogens (tertiary/aromatic N) is 2. The predicted molar refractivity (Wildman–Crippen MR) is 65.9 cm³/mol. The first kappa shape index (κ1) is 11.6. The summed E-state index contributed by atoms with van der Waals surface area (Å²) >= 11 is 0. The summed E-state index contributed by atoms with van der Waals surface area (Å²) in [5.74, 6) is -0.505. The lowest BCUT2D eigenvalue weighted by Gasteiger charge is -2.14. The predicted octanol–water partition coefficient (Wildman–Crippen LogP) is 2.71. The van der Waals surface area contributed by atoms with Crippen molar-refractivity contribution < 1.29 is 9.90 Å². The molecule has 1 aromatic carbocycles. The molecule has 0 amide bonds. The summed E-state index contributed by atoms with van der Waals surface area (Å²) in [4.78, 5) is 11.3. The third-order valence-corrected chi connectivity index (χ3v) is 2.73. The van der Waals surface area contributed by atoms with Crippen LogP contribution in [0, 0.1) is 5.92 Å². The highest BCUT2D eigenvalue weighted by molar-refractivity contribution is 5.79. The average Bonchev–Trinajstić information content (AvgIpc) is 2.68. The molecule has 0 bridgehead atoms. The molecule has 0 aliphatic carbocycles. The number of aromatic nitrogens is 2. The molecule has 0 aliphatic rings. The maximum absolute atomic E-state index is 11.3. The molecule has 0 fully saturated rings. The molecule has 90 valence electrons. The van der Waals surface area contributed by atoms with E-state index in [0.29, 0.717) is 12.3 Å². The lowest BCUT2D eigenvalue weighted by molar-refractivity contribution is -0.141. The molecule has 4 nitrogen and oxygen atoms in total. The van der Waals surface area contributed by atoms with Gasteiger partial charge in [-0.1, -0.05) is 32.0 Å². The van der Waals surface area contributed by atoms with Crippen LogP contribution < -0.4 is 0 Å². The van der Waals surface area contributed by atoms with Gasteiger partial charge in [-0.3, -0.25) is 4.68 Å². The van der Waals surface area contributed by atoms with Crippen molar-refractivity contribution in [3.05, 3.63) is 30.5 Å². The van der Waals surface area contributed by atoms with Gasteiger partial charge in [0, 0.05) is 11.6 Å². The van der Waals surface area contributed by atoms with Gasteiger partial charge >= 0.3 is 5.97 Å². The molecule has 1 atom stereocenters. The Bertz CT molecular complexity index is 498. The van der Waals surface area contributed by atoms with E-state index in [1.54, 1.807) is 10.9 Å². The SMILES string of the molecule is CC(C)CC(C(=O)O)n1cc2ccccc2n1. The van der Waals surface area contributed by atoms with Crippen molar-refractivity contribution >= 4 is 16.9 Å². The van der Waals surface area contributed by atoms with Crippen molar-refractivity contribution in [3.8, 4) is 0 Å². The normalized spacial score (nSPS) is 13.1. The van der Waals surface area contributed by atoms with Crippen molar-refractivity contribution in [2.24, 2.45) is 5.92 Å². The molecule has 1 aromatic heterocycles. The Morgan fingerprint density at radius 2 is 2.12 bits per heavy atom. The standard InChI is InChI=1S/C13H16N2O2/c1-9(2)7-12(13(16)17)15-8-10-5-3-4-6-11(10)14-15/h3-6,8-9,12H,7H2,1-2H3,(H,16,17). The number of aliphatic carboxylic acids is 1. The highest BCUT2D eigenvalue weighted by Gasteiger charge is 2.21. The van der Waals surface area contributed by atoms with Crippen LogP contribution in [-0.2, 0) is 4.79 Å². The zero-order chi connectivity index (χ0) is 12.4. The van der Waals surface area contributed by atoms with Crippen LogP contribution in [0.25, 0.3) is 10.9 Å². The van der Waals surface area contributed by atoms with Crippen molar-refractivity contribution in [1.29, 1.82) is 0 Å². The lowest BCUT2D eigenvalue weighted by Crippen LogP contribution is -2.21. The van der Waals surface area contributed by atoms with E-state index in [1.165, 1.54) is 0 Å². The second-order valence-electron chi connectivity index (χ2n) is 4.65. The highest BCUT2D eigenvalue weighted by Crippen LogP contribution is 2.20. The van der Waals surface area contributed by atoms with Crippen LogP contribution in [-0.4, -0.2) is 20.9 Å². The number of carbonyl (C=O) groups is 1. The molecule has 0 radical (unpaired) electrons. The molecule has 1 heterocycles. The summed E-state index contributed by atoms with van der Waals surface area (Å²) in [6.07, 6.45) is 2.39. The number of benzene rings is 1. The van der Waals surface area contributed by atoms with Gasteiger partial charge in [-0.15, -0.1) is 0 Å². The fourth-order valence-electron chi connectivity index (χ4n) is 1.91.